The summed E-state index contributed by atoms with van der Waals surface area (Å²) in [5.74, 6) is 1.33. The number of fused-ring (bicyclic) bond motifs is 3. The van der Waals surface area contributed by atoms with Gasteiger partial charge in [0.15, 0.2) is 11.0 Å². The van der Waals surface area contributed by atoms with Crippen LogP contribution >= 0.6 is 11.8 Å². The molecule has 0 saturated carbocycles. The average Bonchev–Trinajstić information content (AvgIpc) is 3.73. The zero-order chi connectivity index (χ0) is 29.1. The molecule has 2 aromatic carbocycles. The molecule has 4 N–H and O–H groups in total. The van der Waals surface area contributed by atoms with Crippen molar-refractivity contribution in [1.29, 1.82) is 0 Å². The van der Waals surface area contributed by atoms with E-state index in [1.165, 1.54) is 6.07 Å². The number of hydrogen-bond donors (Lipinski definition) is 4. The number of aromatic nitrogens is 1. The first-order valence-corrected chi connectivity index (χ1v) is 14.7. The van der Waals surface area contributed by atoms with Crippen LogP contribution in [0.2, 0.25) is 0 Å². The predicted molar refractivity (Wildman–Crippen MR) is 160 cm³/mol. The molecule has 1 fully saturated rings. The van der Waals surface area contributed by atoms with Gasteiger partial charge in [0.05, 0.1) is 50.1 Å². The first kappa shape index (κ1) is 28.5. The molecule has 1 aromatic heterocycles. The van der Waals surface area contributed by atoms with Crippen molar-refractivity contribution in [3.05, 3.63) is 59.9 Å². The van der Waals surface area contributed by atoms with Crippen LogP contribution in [0.1, 0.15) is 24.3 Å². The summed E-state index contributed by atoms with van der Waals surface area (Å²) in [7, 11) is 0. The Balaban J connectivity index is 1.01. The summed E-state index contributed by atoms with van der Waals surface area (Å²) >= 11 is 1.66. The summed E-state index contributed by atoms with van der Waals surface area (Å²) in [5.41, 5.74) is 1.83. The third kappa shape index (κ3) is 6.10. The summed E-state index contributed by atoms with van der Waals surface area (Å²) in [5, 5.41) is 29.2. The normalized spacial score (nSPS) is 18.4. The number of ether oxygens (including phenoxy) is 2. The zero-order valence-corrected chi connectivity index (χ0v) is 24.1. The van der Waals surface area contributed by atoms with Crippen LogP contribution in [-0.4, -0.2) is 90.7 Å². The van der Waals surface area contributed by atoms with E-state index < -0.39 is 11.4 Å². The summed E-state index contributed by atoms with van der Waals surface area (Å²) < 4.78 is 16.6. The number of amides is 2. The predicted octanol–water partition coefficient (Wildman–Crippen LogP) is 3.29. The molecule has 222 valence electrons. The van der Waals surface area contributed by atoms with Gasteiger partial charge in [0.25, 0.3) is 0 Å². The Hall–Kier alpha value is -3.62. The number of carbonyl (C=O) groups excluding carboxylic acids is 1. The summed E-state index contributed by atoms with van der Waals surface area (Å²) in [6.07, 6.45) is 0. The highest BCUT2D eigenvalue weighted by atomic mass is 32.2. The molecule has 12 nitrogen and oxygen atoms in total. The molecule has 3 aliphatic rings. The van der Waals surface area contributed by atoms with Gasteiger partial charge in [-0.2, -0.15) is 0 Å². The van der Waals surface area contributed by atoms with E-state index in [0.29, 0.717) is 12.3 Å². The number of amidine groups is 1. The minimum Gasteiger partial charge on any atom is -0.492 e. The van der Waals surface area contributed by atoms with E-state index in [9.17, 15) is 15.0 Å². The third-order valence-electron chi connectivity index (χ3n) is 7.65. The van der Waals surface area contributed by atoms with Crippen molar-refractivity contribution in [3.8, 4) is 5.75 Å². The van der Waals surface area contributed by atoms with Gasteiger partial charge in [-0.25, -0.2) is 4.79 Å². The van der Waals surface area contributed by atoms with E-state index in [2.05, 4.69) is 37.7 Å². The van der Waals surface area contributed by atoms with Gasteiger partial charge in [-0.3, -0.25) is 15.2 Å². The SMILES string of the molecule is CC(CO)(CO)c1cc(NC(=O)Nc2ccc(C3CN4C(=N3)Sc3cc(OCCN5CCOCC5)ccc34)cc2)no1. The molecule has 0 bridgehead atoms. The number of hydrogen-bond acceptors (Lipinski definition) is 11. The summed E-state index contributed by atoms with van der Waals surface area (Å²) in [4.78, 5) is 23.2. The highest BCUT2D eigenvalue weighted by Gasteiger charge is 2.35. The lowest BCUT2D eigenvalue weighted by molar-refractivity contribution is 0.0322. The molecule has 0 aliphatic carbocycles. The van der Waals surface area contributed by atoms with Crippen LogP contribution in [-0.2, 0) is 10.2 Å². The number of thioether (sulfide) groups is 1. The van der Waals surface area contributed by atoms with Crippen molar-refractivity contribution in [2.75, 3.05) is 74.7 Å². The largest absolute Gasteiger partial charge is 0.492 e. The lowest BCUT2D eigenvalue weighted by atomic mass is 9.90. The third-order valence-corrected chi connectivity index (χ3v) is 8.71. The summed E-state index contributed by atoms with van der Waals surface area (Å²) in [6.45, 7) is 6.77. The van der Waals surface area contributed by atoms with Crippen molar-refractivity contribution in [3.63, 3.8) is 0 Å². The smallest absolute Gasteiger partial charge is 0.324 e. The Morgan fingerprint density at radius 1 is 1.12 bits per heavy atom. The molecule has 4 heterocycles. The van der Waals surface area contributed by atoms with Gasteiger partial charge in [0.1, 0.15) is 18.1 Å². The standard InChI is InChI=1S/C29H34N6O6S/c1-29(17-36,18-37)25-15-26(33-41-25)32-27(38)30-20-4-2-19(3-5-20)22-16-35-23-7-6-21(14-24(23)42-28(35)31-22)40-13-10-34-8-11-39-12-9-34/h2-7,14-15,22,36-37H,8-13,16-18H2,1H3,(H2,30,32,33,38). The fourth-order valence-electron chi connectivity index (χ4n) is 4.95. The van der Waals surface area contributed by atoms with E-state index in [1.54, 1.807) is 18.7 Å². The number of aliphatic hydroxyl groups is 2. The fraction of sp³-hybridized carbons (Fsp3) is 0.414. The van der Waals surface area contributed by atoms with Crippen LogP contribution in [0.3, 0.4) is 0 Å². The maximum atomic E-state index is 12.5. The molecular formula is C29H34N6O6S. The minimum absolute atomic E-state index is 0.00566. The topological polar surface area (TPSA) is 145 Å². The Morgan fingerprint density at radius 3 is 2.67 bits per heavy atom. The van der Waals surface area contributed by atoms with Gasteiger partial charge in [0.2, 0.25) is 0 Å². The van der Waals surface area contributed by atoms with Gasteiger partial charge in [-0.1, -0.05) is 17.3 Å². The molecule has 1 saturated heterocycles. The van der Waals surface area contributed by atoms with Crippen LogP contribution in [0.15, 0.2) is 62.9 Å². The molecule has 3 aliphatic heterocycles. The van der Waals surface area contributed by atoms with Crippen LogP contribution < -0.4 is 20.3 Å². The quantitative estimate of drug-likeness (QED) is 0.276. The molecule has 13 heteroatoms. The van der Waals surface area contributed by atoms with Gasteiger partial charge >= 0.3 is 6.03 Å². The molecule has 6 rings (SSSR count). The first-order chi connectivity index (χ1) is 20.4. The van der Waals surface area contributed by atoms with E-state index in [1.807, 2.05) is 30.3 Å². The number of benzene rings is 2. The molecular weight excluding hydrogens is 560 g/mol. The second kappa shape index (κ2) is 12.3. The van der Waals surface area contributed by atoms with E-state index in [0.717, 1.165) is 66.5 Å². The highest BCUT2D eigenvalue weighted by molar-refractivity contribution is 8.14. The monoisotopic (exact) mass is 594 g/mol. The van der Waals surface area contributed by atoms with E-state index >= 15 is 0 Å². The number of nitrogens with one attached hydrogen (secondary N) is 2. The number of carbonyl (C=O) groups is 1. The zero-order valence-electron chi connectivity index (χ0n) is 23.3. The van der Waals surface area contributed by atoms with Crippen molar-refractivity contribution >= 4 is 40.2 Å². The van der Waals surface area contributed by atoms with Crippen LogP contribution in [0, 0.1) is 0 Å². The van der Waals surface area contributed by atoms with Crippen molar-refractivity contribution in [1.82, 2.24) is 10.1 Å². The summed E-state index contributed by atoms with van der Waals surface area (Å²) in [6, 6.07) is 14.8. The molecule has 1 unspecified atom stereocenters. The fourth-order valence-corrected chi connectivity index (χ4v) is 6.07. The lowest BCUT2D eigenvalue weighted by Crippen LogP contribution is -2.38. The number of anilines is 3. The van der Waals surface area contributed by atoms with Gasteiger partial charge < -0.3 is 34.4 Å². The molecule has 3 aromatic rings. The molecule has 0 radical (unpaired) electrons. The number of aliphatic imine (C=N–C) groups is 1. The van der Waals surface area contributed by atoms with E-state index in [-0.39, 0.29) is 30.8 Å². The lowest BCUT2D eigenvalue weighted by Gasteiger charge is -2.26. The molecule has 0 spiro atoms. The van der Waals surface area contributed by atoms with Crippen LogP contribution in [0.5, 0.6) is 5.75 Å². The van der Waals surface area contributed by atoms with Gasteiger partial charge in [0, 0.05) is 36.3 Å². The number of rotatable bonds is 10. The Labute approximate surface area is 247 Å². The maximum Gasteiger partial charge on any atom is 0.324 e. The van der Waals surface area contributed by atoms with Crippen LogP contribution in [0.25, 0.3) is 0 Å². The Bertz CT molecular complexity index is 1440. The molecule has 1 atom stereocenters. The first-order valence-electron chi connectivity index (χ1n) is 13.9. The number of aliphatic hydroxyl groups excluding tert-OH is 2. The highest BCUT2D eigenvalue weighted by Crippen LogP contribution is 2.46. The van der Waals surface area contributed by atoms with Crippen molar-refractivity contribution in [2.24, 2.45) is 4.99 Å². The average molecular weight is 595 g/mol. The minimum atomic E-state index is -0.987. The number of morpholine rings is 1. The van der Waals surface area contributed by atoms with Crippen molar-refractivity contribution < 1.29 is 29.0 Å². The second-order valence-corrected chi connectivity index (χ2v) is 11.7. The van der Waals surface area contributed by atoms with Gasteiger partial charge in [-0.05, 0) is 54.6 Å². The maximum absolute atomic E-state index is 12.5. The molecule has 42 heavy (non-hydrogen) atoms. The van der Waals surface area contributed by atoms with E-state index in [4.69, 9.17) is 19.0 Å². The second-order valence-electron chi connectivity index (χ2n) is 10.7. The number of urea groups is 1. The molecule has 2 amide bonds. The van der Waals surface area contributed by atoms with Crippen molar-refractivity contribution in [2.45, 2.75) is 23.3 Å². The number of nitrogens with zero attached hydrogens (tertiary/aromatic N) is 4. The van der Waals surface area contributed by atoms with Gasteiger partial charge in [-0.15, -0.1) is 0 Å². The Kier molecular flexibility index (Phi) is 8.36. The Morgan fingerprint density at radius 2 is 1.90 bits per heavy atom. The van der Waals surface area contributed by atoms with Crippen LogP contribution in [0.4, 0.5) is 22.0 Å².